The van der Waals surface area contributed by atoms with Crippen LogP contribution < -0.4 is 10.1 Å². The van der Waals surface area contributed by atoms with Gasteiger partial charge in [0.05, 0.1) is 6.10 Å². The molecule has 1 heterocycles. The number of anilines is 1. The van der Waals surface area contributed by atoms with Gasteiger partial charge in [-0.1, -0.05) is 0 Å². The molecule has 1 aliphatic rings. The van der Waals surface area contributed by atoms with Gasteiger partial charge in [0, 0.05) is 12.1 Å². The minimum atomic E-state index is -0.129. The molecule has 0 saturated carbocycles. The first kappa shape index (κ1) is 12.9. The van der Waals surface area contributed by atoms with Crippen molar-refractivity contribution in [1.82, 2.24) is 0 Å². The average Bonchev–Trinajstić information content (AvgIpc) is 2.66. The lowest BCUT2D eigenvalue weighted by molar-refractivity contribution is -0.121. The summed E-state index contributed by atoms with van der Waals surface area (Å²) < 4.78 is 10.9. The molecule has 98 valence electrons. The molecule has 1 aromatic carbocycles. The first-order valence-electron chi connectivity index (χ1n) is 6.25. The molecule has 4 heteroatoms. The number of carbonyl (C=O) groups excluding carboxylic acids is 1. The second-order valence-electron chi connectivity index (χ2n) is 4.86. The van der Waals surface area contributed by atoms with Crippen molar-refractivity contribution in [3.8, 4) is 5.75 Å². The van der Waals surface area contributed by atoms with Crippen molar-refractivity contribution < 1.29 is 14.3 Å². The van der Waals surface area contributed by atoms with Gasteiger partial charge in [-0.25, -0.2) is 0 Å². The van der Waals surface area contributed by atoms with Gasteiger partial charge >= 0.3 is 0 Å². The van der Waals surface area contributed by atoms with Crippen LogP contribution in [0.4, 0.5) is 5.69 Å². The van der Waals surface area contributed by atoms with Crippen molar-refractivity contribution in [2.45, 2.75) is 39.4 Å². The minimum Gasteiger partial charge on any atom is -0.490 e. The van der Waals surface area contributed by atoms with Crippen molar-refractivity contribution in [1.29, 1.82) is 0 Å². The molecule has 18 heavy (non-hydrogen) atoms. The maximum atomic E-state index is 11.6. The van der Waals surface area contributed by atoms with E-state index in [4.69, 9.17) is 9.47 Å². The molecule has 0 spiro atoms. The van der Waals surface area contributed by atoms with Gasteiger partial charge in [0.15, 0.2) is 0 Å². The quantitative estimate of drug-likeness (QED) is 0.891. The van der Waals surface area contributed by atoms with Crippen molar-refractivity contribution in [2.75, 3.05) is 11.9 Å². The van der Waals surface area contributed by atoms with E-state index in [0.29, 0.717) is 0 Å². The fourth-order valence-corrected chi connectivity index (χ4v) is 1.94. The Kier molecular flexibility index (Phi) is 3.87. The maximum Gasteiger partial charge on any atom is 0.250 e. The fraction of sp³-hybridized carbons (Fsp3) is 0.500. The Hall–Kier alpha value is -1.55. The van der Waals surface area contributed by atoms with Crippen LogP contribution in [0.3, 0.4) is 0 Å². The lowest BCUT2D eigenvalue weighted by Gasteiger charge is -2.09. The molecule has 1 atom stereocenters. The van der Waals surface area contributed by atoms with Gasteiger partial charge in [-0.3, -0.25) is 4.79 Å². The Labute approximate surface area is 107 Å². The van der Waals surface area contributed by atoms with E-state index in [2.05, 4.69) is 5.32 Å². The highest BCUT2D eigenvalue weighted by atomic mass is 16.5. The van der Waals surface area contributed by atoms with Crippen LogP contribution in [0.15, 0.2) is 18.2 Å². The number of benzene rings is 1. The zero-order chi connectivity index (χ0) is 13.1. The van der Waals surface area contributed by atoms with Gasteiger partial charge in [0.2, 0.25) is 5.91 Å². The van der Waals surface area contributed by atoms with Gasteiger partial charge in [0.25, 0.3) is 0 Å². The van der Waals surface area contributed by atoms with Gasteiger partial charge in [-0.05, 0) is 44.5 Å². The van der Waals surface area contributed by atoms with Crippen LogP contribution in [0.25, 0.3) is 0 Å². The number of rotatable bonds is 4. The minimum absolute atomic E-state index is 0.0602. The summed E-state index contributed by atoms with van der Waals surface area (Å²) in [5.74, 6) is 0.787. The molecule has 0 bridgehead atoms. The second kappa shape index (κ2) is 5.40. The van der Waals surface area contributed by atoms with Crippen LogP contribution in [0.2, 0.25) is 0 Å². The number of carbonyl (C=O) groups is 1. The summed E-state index contributed by atoms with van der Waals surface area (Å²) in [6.45, 7) is 5.93. The normalized spacial score (nSPS) is 17.4. The number of amides is 1. The Balaban J connectivity index is 1.95. The number of ether oxygens (including phenoxy) is 2. The largest absolute Gasteiger partial charge is 0.490 e. The van der Waals surface area contributed by atoms with Crippen LogP contribution in [0, 0.1) is 0 Å². The molecule has 1 N–H and O–H groups in total. The number of hydrogen-bond acceptors (Lipinski definition) is 3. The molecule has 4 nitrogen and oxygen atoms in total. The number of nitrogens with one attached hydrogen (secondary N) is 1. The van der Waals surface area contributed by atoms with E-state index in [9.17, 15) is 4.79 Å². The third-order valence-corrected chi connectivity index (χ3v) is 2.73. The van der Waals surface area contributed by atoms with E-state index in [1.165, 1.54) is 0 Å². The van der Waals surface area contributed by atoms with Crippen molar-refractivity contribution in [3.63, 3.8) is 0 Å². The zero-order valence-corrected chi connectivity index (χ0v) is 11.0. The SMILES string of the molecule is CC(C)OCC(=O)Nc1ccc2c(c1)CC(C)O2. The predicted molar refractivity (Wildman–Crippen MR) is 70.0 cm³/mol. The standard InChI is InChI=1S/C14H19NO3/c1-9(2)17-8-14(16)15-12-4-5-13-11(7-12)6-10(3)18-13/h4-5,7,9-10H,6,8H2,1-3H3,(H,15,16). The molecule has 0 radical (unpaired) electrons. The molecule has 0 saturated heterocycles. The molecule has 0 fully saturated rings. The summed E-state index contributed by atoms with van der Waals surface area (Å²) >= 11 is 0. The van der Waals surface area contributed by atoms with Crippen LogP contribution in [0.1, 0.15) is 26.3 Å². The molecule has 1 aliphatic heterocycles. The first-order chi connectivity index (χ1) is 8.54. The monoisotopic (exact) mass is 249 g/mol. The Morgan fingerprint density at radius 2 is 2.33 bits per heavy atom. The molecule has 1 unspecified atom stereocenters. The highest BCUT2D eigenvalue weighted by Gasteiger charge is 2.19. The van der Waals surface area contributed by atoms with Crippen LogP contribution >= 0.6 is 0 Å². The first-order valence-corrected chi connectivity index (χ1v) is 6.25. The van der Waals surface area contributed by atoms with Crippen molar-refractivity contribution >= 4 is 11.6 Å². The van der Waals surface area contributed by atoms with E-state index in [1.807, 2.05) is 39.0 Å². The highest BCUT2D eigenvalue weighted by molar-refractivity contribution is 5.91. The fourth-order valence-electron chi connectivity index (χ4n) is 1.94. The molecular weight excluding hydrogens is 230 g/mol. The molecule has 0 aromatic heterocycles. The van der Waals surface area contributed by atoms with Gasteiger partial charge in [-0.15, -0.1) is 0 Å². The Morgan fingerprint density at radius 3 is 3.06 bits per heavy atom. The second-order valence-corrected chi connectivity index (χ2v) is 4.86. The molecular formula is C14H19NO3. The van der Waals surface area contributed by atoms with Crippen molar-refractivity contribution in [2.24, 2.45) is 0 Å². The number of fused-ring (bicyclic) bond motifs is 1. The third kappa shape index (κ3) is 3.23. The molecule has 2 rings (SSSR count). The van der Waals surface area contributed by atoms with Crippen LogP contribution in [0.5, 0.6) is 5.75 Å². The summed E-state index contributed by atoms with van der Waals surface area (Å²) in [7, 11) is 0. The molecule has 1 aromatic rings. The van der Waals surface area contributed by atoms with Gasteiger partial charge in [0.1, 0.15) is 18.5 Å². The average molecular weight is 249 g/mol. The number of hydrogen-bond donors (Lipinski definition) is 1. The summed E-state index contributed by atoms with van der Waals surface area (Å²) in [6.07, 6.45) is 1.17. The smallest absolute Gasteiger partial charge is 0.250 e. The lowest BCUT2D eigenvalue weighted by Crippen LogP contribution is -2.20. The van der Waals surface area contributed by atoms with E-state index in [0.717, 1.165) is 23.4 Å². The highest BCUT2D eigenvalue weighted by Crippen LogP contribution is 2.30. The van der Waals surface area contributed by atoms with E-state index in [-0.39, 0.29) is 24.7 Å². The van der Waals surface area contributed by atoms with Gasteiger partial charge < -0.3 is 14.8 Å². The Morgan fingerprint density at radius 1 is 1.56 bits per heavy atom. The lowest BCUT2D eigenvalue weighted by atomic mass is 10.1. The summed E-state index contributed by atoms with van der Waals surface area (Å²) in [5, 5.41) is 2.82. The Bertz CT molecular complexity index is 443. The summed E-state index contributed by atoms with van der Waals surface area (Å²) in [6, 6.07) is 5.72. The zero-order valence-electron chi connectivity index (χ0n) is 11.0. The predicted octanol–water partition coefficient (Wildman–Crippen LogP) is 2.37. The third-order valence-electron chi connectivity index (χ3n) is 2.73. The van der Waals surface area contributed by atoms with E-state index < -0.39 is 0 Å². The van der Waals surface area contributed by atoms with E-state index >= 15 is 0 Å². The topological polar surface area (TPSA) is 47.6 Å². The summed E-state index contributed by atoms with van der Waals surface area (Å²) in [4.78, 5) is 11.6. The van der Waals surface area contributed by atoms with Crippen LogP contribution in [-0.4, -0.2) is 24.7 Å². The molecule has 1 amide bonds. The summed E-state index contributed by atoms with van der Waals surface area (Å²) in [5.41, 5.74) is 1.94. The van der Waals surface area contributed by atoms with E-state index in [1.54, 1.807) is 0 Å². The van der Waals surface area contributed by atoms with Crippen LogP contribution in [-0.2, 0) is 16.0 Å². The van der Waals surface area contributed by atoms with Crippen molar-refractivity contribution in [3.05, 3.63) is 23.8 Å². The molecule has 0 aliphatic carbocycles. The maximum absolute atomic E-state index is 11.6. The van der Waals surface area contributed by atoms with Gasteiger partial charge in [-0.2, -0.15) is 0 Å².